The van der Waals surface area contributed by atoms with Crippen molar-refractivity contribution in [1.29, 1.82) is 0 Å². The molecule has 0 saturated carbocycles. The average Bonchev–Trinajstić information content (AvgIpc) is 3.74. The number of benzene rings is 6. The Hall–Kier alpha value is -5.58. The normalized spacial score (nSPS) is 13.5. The Morgan fingerprint density at radius 2 is 1.30 bits per heavy atom. The van der Waals surface area contributed by atoms with Crippen LogP contribution in [0.3, 0.4) is 0 Å². The van der Waals surface area contributed by atoms with E-state index in [1.165, 1.54) is 58.7 Å². The van der Waals surface area contributed by atoms with Crippen molar-refractivity contribution < 1.29 is 0 Å². The quantitative estimate of drug-likeness (QED) is 0.197. The summed E-state index contributed by atoms with van der Waals surface area (Å²) in [7, 11) is 0. The van der Waals surface area contributed by atoms with E-state index in [1.54, 1.807) is 0 Å². The molecule has 9 aromatic rings. The van der Waals surface area contributed by atoms with Crippen molar-refractivity contribution in [3.05, 3.63) is 151 Å². The standard InChI is InChI=1S/C43H29N3S/c1-43(2)33-20-9-6-18-31(33)40-38(43)39(44-42(45-40)26-13-4-3-5-14-26)27-15-12-16-28(25-27)46-34-21-10-7-17-29(34)30-23-24-36-37(41(30)46)32-19-8-11-22-35(32)47-36/h3-25H,1-2H3. The summed E-state index contributed by atoms with van der Waals surface area (Å²) in [5, 5.41) is 5.15. The SMILES string of the molecule is CC1(C)c2ccccc2-c2nc(-c3ccccc3)nc(-c3cccc(-n4c5ccccc5c5ccc6sc7ccccc7c6c54)c3)c21. The second-order valence-corrected chi connectivity index (χ2v) is 14.1. The van der Waals surface area contributed by atoms with Gasteiger partial charge in [0, 0.05) is 64.3 Å². The fraction of sp³-hybridized carbons (Fsp3) is 0.0698. The minimum absolute atomic E-state index is 0.249. The van der Waals surface area contributed by atoms with Crippen molar-refractivity contribution in [1.82, 2.24) is 14.5 Å². The molecular weight excluding hydrogens is 591 g/mol. The van der Waals surface area contributed by atoms with Gasteiger partial charge in [0.05, 0.1) is 22.4 Å². The van der Waals surface area contributed by atoms with Gasteiger partial charge in [-0.3, -0.25) is 0 Å². The molecule has 0 fully saturated rings. The molecule has 47 heavy (non-hydrogen) atoms. The molecule has 1 aliphatic rings. The van der Waals surface area contributed by atoms with Gasteiger partial charge in [0.15, 0.2) is 5.82 Å². The average molecular weight is 620 g/mol. The summed E-state index contributed by atoms with van der Waals surface area (Å²) in [4.78, 5) is 10.6. The van der Waals surface area contributed by atoms with E-state index in [0.29, 0.717) is 0 Å². The highest BCUT2D eigenvalue weighted by Gasteiger charge is 2.40. The largest absolute Gasteiger partial charge is 0.309 e. The van der Waals surface area contributed by atoms with Crippen molar-refractivity contribution in [2.75, 3.05) is 0 Å². The number of hydrogen-bond donors (Lipinski definition) is 0. The first kappa shape index (κ1) is 26.6. The predicted molar refractivity (Wildman–Crippen MR) is 198 cm³/mol. The molecule has 1 aliphatic carbocycles. The van der Waals surface area contributed by atoms with Crippen LogP contribution in [0.2, 0.25) is 0 Å². The molecule has 3 heterocycles. The number of thiophene rings is 1. The molecule has 222 valence electrons. The molecule has 6 aromatic carbocycles. The highest BCUT2D eigenvalue weighted by molar-refractivity contribution is 7.26. The molecule has 0 aliphatic heterocycles. The molecule has 0 N–H and O–H groups in total. The van der Waals surface area contributed by atoms with Gasteiger partial charge in [-0.1, -0.05) is 123 Å². The molecule has 4 heteroatoms. The fourth-order valence-corrected chi connectivity index (χ4v) is 8.98. The summed E-state index contributed by atoms with van der Waals surface area (Å²) in [6.07, 6.45) is 0. The van der Waals surface area contributed by atoms with E-state index in [0.717, 1.165) is 34.0 Å². The van der Waals surface area contributed by atoms with Crippen molar-refractivity contribution in [2.24, 2.45) is 0 Å². The first-order chi connectivity index (χ1) is 23.1. The van der Waals surface area contributed by atoms with Gasteiger partial charge >= 0.3 is 0 Å². The van der Waals surface area contributed by atoms with E-state index >= 15 is 0 Å². The highest BCUT2D eigenvalue weighted by atomic mass is 32.1. The summed E-state index contributed by atoms with van der Waals surface area (Å²) in [5.74, 6) is 0.751. The summed E-state index contributed by atoms with van der Waals surface area (Å²) in [6, 6.07) is 50.2. The van der Waals surface area contributed by atoms with Gasteiger partial charge in [0.1, 0.15) is 0 Å². The lowest BCUT2D eigenvalue weighted by Gasteiger charge is -2.24. The first-order valence-electron chi connectivity index (χ1n) is 16.1. The van der Waals surface area contributed by atoms with Crippen LogP contribution < -0.4 is 0 Å². The minimum Gasteiger partial charge on any atom is -0.309 e. The summed E-state index contributed by atoms with van der Waals surface area (Å²) in [5.41, 5.74) is 11.1. The molecule has 0 spiro atoms. The Kier molecular flexibility index (Phi) is 5.50. The van der Waals surface area contributed by atoms with Gasteiger partial charge in [0.25, 0.3) is 0 Å². The molecule has 0 radical (unpaired) electrons. The number of rotatable bonds is 3. The molecule has 0 atom stereocenters. The van der Waals surface area contributed by atoms with Crippen LogP contribution in [0.15, 0.2) is 140 Å². The lowest BCUT2D eigenvalue weighted by molar-refractivity contribution is 0.658. The van der Waals surface area contributed by atoms with Crippen LogP contribution in [-0.4, -0.2) is 14.5 Å². The molecule has 3 aromatic heterocycles. The third-order valence-electron chi connectivity index (χ3n) is 9.97. The van der Waals surface area contributed by atoms with Gasteiger partial charge in [-0.05, 0) is 35.9 Å². The van der Waals surface area contributed by atoms with Crippen LogP contribution in [-0.2, 0) is 5.41 Å². The number of aromatic nitrogens is 3. The van der Waals surface area contributed by atoms with Crippen LogP contribution in [0.1, 0.15) is 25.0 Å². The lowest BCUT2D eigenvalue weighted by Crippen LogP contribution is -2.17. The molecule has 0 amide bonds. The van der Waals surface area contributed by atoms with Crippen molar-refractivity contribution in [3.63, 3.8) is 0 Å². The van der Waals surface area contributed by atoms with E-state index < -0.39 is 0 Å². The summed E-state index contributed by atoms with van der Waals surface area (Å²) < 4.78 is 5.08. The van der Waals surface area contributed by atoms with Gasteiger partial charge in [-0.15, -0.1) is 11.3 Å². The Morgan fingerprint density at radius 1 is 0.574 bits per heavy atom. The van der Waals surface area contributed by atoms with Crippen LogP contribution in [0, 0.1) is 0 Å². The smallest absolute Gasteiger partial charge is 0.160 e. The zero-order valence-electron chi connectivity index (χ0n) is 26.0. The van der Waals surface area contributed by atoms with Gasteiger partial charge in [0.2, 0.25) is 0 Å². The zero-order chi connectivity index (χ0) is 31.3. The Labute approximate surface area is 276 Å². The van der Waals surface area contributed by atoms with Crippen LogP contribution >= 0.6 is 11.3 Å². The van der Waals surface area contributed by atoms with Crippen LogP contribution in [0.4, 0.5) is 0 Å². The number of fused-ring (bicyclic) bond motifs is 10. The van der Waals surface area contributed by atoms with E-state index in [-0.39, 0.29) is 5.41 Å². The van der Waals surface area contributed by atoms with E-state index in [4.69, 9.17) is 9.97 Å². The molecule has 0 bridgehead atoms. The Balaban J connectivity index is 1.28. The third-order valence-corrected chi connectivity index (χ3v) is 11.1. The third kappa shape index (κ3) is 3.73. The van der Waals surface area contributed by atoms with Crippen LogP contribution in [0.25, 0.3) is 81.6 Å². The highest BCUT2D eigenvalue weighted by Crippen LogP contribution is 2.51. The Morgan fingerprint density at radius 3 is 2.19 bits per heavy atom. The molecule has 10 rings (SSSR count). The second kappa shape index (κ2) is 9.71. The van der Waals surface area contributed by atoms with Gasteiger partial charge < -0.3 is 4.57 Å². The predicted octanol–water partition coefficient (Wildman–Crippen LogP) is 11.6. The lowest BCUT2D eigenvalue weighted by atomic mass is 9.81. The van der Waals surface area contributed by atoms with Crippen molar-refractivity contribution >= 4 is 53.3 Å². The van der Waals surface area contributed by atoms with E-state index in [2.05, 4.69) is 152 Å². The minimum atomic E-state index is -0.249. The molecule has 0 unspecified atom stereocenters. The second-order valence-electron chi connectivity index (χ2n) is 13.0. The maximum absolute atomic E-state index is 5.37. The fourth-order valence-electron chi connectivity index (χ4n) is 7.87. The van der Waals surface area contributed by atoms with Gasteiger partial charge in [-0.25, -0.2) is 9.97 Å². The van der Waals surface area contributed by atoms with E-state index in [1.807, 2.05) is 17.4 Å². The monoisotopic (exact) mass is 619 g/mol. The zero-order valence-corrected chi connectivity index (χ0v) is 26.8. The topological polar surface area (TPSA) is 30.7 Å². The van der Waals surface area contributed by atoms with Crippen molar-refractivity contribution in [2.45, 2.75) is 19.3 Å². The molecular formula is C43H29N3S. The number of para-hydroxylation sites is 1. The molecule has 0 saturated heterocycles. The first-order valence-corrected chi connectivity index (χ1v) is 16.9. The van der Waals surface area contributed by atoms with Gasteiger partial charge in [-0.2, -0.15) is 0 Å². The van der Waals surface area contributed by atoms with Crippen molar-refractivity contribution in [3.8, 4) is 39.6 Å². The Bertz CT molecular complexity index is 2710. The van der Waals surface area contributed by atoms with E-state index in [9.17, 15) is 0 Å². The van der Waals surface area contributed by atoms with Crippen LogP contribution in [0.5, 0.6) is 0 Å². The maximum atomic E-state index is 5.37. The molecule has 3 nitrogen and oxygen atoms in total. The summed E-state index contributed by atoms with van der Waals surface area (Å²) in [6.45, 7) is 4.61. The number of hydrogen-bond acceptors (Lipinski definition) is 3. The summed E-state index contributed by atoms with van der Waals surface area (Å²) >= 11 is 1.87. The number of nitrogens with zero attached hydrogens (tertiary/aromatic N) is 3. The maximum Gasteiger partial charge on any atom is 0.160 e.